The lowest BCUT2D eigenvalue weighted by Crippen LogP contribution is -2.34. The largest absolute Gasteiger partial charge is 0.490 e. The number of hydrogen-bond donors (Lipinski definition) is 1. The minimum absolute atomic E-state index is 0.0671. The Hall–Kier alpha value is -3.24. The lowest BCUT2D eigenvalue weighted by atomic mass is 9.94. The maximum Gasteiger partial charge on any atom is 0.254 e. The van der Waals surface area contributed by atoms with E-state index in [0.717, 1.165) is 47.4 Å². The number of nitrogens with one attached hydrogen (secondary N) is 1. The first-order valence-corrected chi connectivity index (χ1v) is 11.7. The Balaban J connectivity index is 1.41. The van der Waals surface area contributed by atoms with E-state index in [1.807, 2.05) is 29.7 Å². The van der Waals surface area contributed by atoms with Crippen LogP contribution in [0.15, 0.2) is 29.1 Å². The van der Waals surface area contributed by atoms with Gasteiger partial charge in [0.25, 0.3) is 5.56 Å². The highest BCUT2D eigenvalue weighted by molar-refractivity contribution is 5.71. The zero-order chi connectivity index (χ0) is 23.5. The maximum atomic E-state index is 12.9. The van der Waals surface area contributed by atoms with Gasteiger partial charge in [0.15, 0.2) is 6.10 Å². The Morgan fingerprint density at radius 2 is 2.21 bits per heavy atom. The third kappa shape index (κ3) is 4.55. The molecule has 1 unspecified atom stereocenters. The van der Waals surface area contributed by atoms with Crippen molar-refractivity contribution in [2.75, 3.05) is 26.4 Å². The number of aromatic amines is 1. The summed E-state index contributed by atoms with van der Waals surface area (Å²) < 4.78 is 25.2. The Morgan fingerprint density at radius 1 is 1.29 bits per heavy atom. The van der Waals surface area contributed by atoms with Crippen LogP contribution < -0.4 is 15.0 Å². The first kappa shape index (κ1) is 22.5. The molecular formula is C24H29N5O5. The van der Waals surface area contributed by atoms with Gasteiger partial charge in [0.1, 0.15) is 24.2 Å². The van der Waals surface area contributed by atoms with Crippen LogP contribution in [0.3, 0.4) is 0 Å². The molecule has 10 heteroatoms. The molecule has 0 spiro atoms. The number of hydrogen-bond acceptors (Lipinski definition) is 8. The monoisotopic (exact) mass is 467 g/mol. The van der Waals surface area contributed by atoms with Gasteiger partial charge >= 0.3 is 0 Å². The van der Waals surface area contributed by atoms with E-state index in [2.05, 4.69) is 27.5 Å². The number of aryl methyl sites for hydroxylation is 1. The minimum Gasteiger partial charge on any atom is -0.490 e. The van der Waals surface area contributed by atoms with E-state index >= 15 is 0 Å². The first-order valence-electron chi connectivity index (χ1n) is 11.7. The highest BCUT2D eigenvalue weighted by atomic mass is 16.6. The molecule has 0 bridgehead atoms. The van der Waals surface area contributed by atoms with Crippen LogP contribution in [0.1, 0.15) is 42.8 Å². The molecule has 2 atom stereocenters. The van der Waals surface area contributed by atoms with Crippen LogP contribution in [0.25, 0.3) is 11.3 Å². The van der Waals surface area contributed by atoms with Crippen LogP contribution >= 0.6 is 0 Å². The van der Waals surface area contributed by atoms with Crippen LogP contribution in [0.5, 0.6) is 11.5 Å². The number of rotatable bonds is 8. The number of H-pyrrole nitrogens is 1. The number of pyridine rings is 1. The molecule has 2 aliphatic heterocycles. The number of nitrogens with zero attached hydrogens (tertiary/aromatic N) is 4. The van der Waals surface area contributed by atoms with E-state index < -0.39 is 0 Å². The van der Waals surface area contributed by atoms with Gasteiger partial charge in [-0.3, -0.25) is 4.79 Å². The van der Waals surface area contributed by atoms with Crippen molar-refractivity contribution in [1.82, 2.24) is 25.2 Å². The van der Waals surface area contributed by atoms with E-state index in [0.29, 0.717) is 44.5 Å². The van der Waals surface area contributed by atoms with Crippen LogP contribution in [0.4, 0.5) is 0 Å². The first-order chi connectivity index (χ1) is 16.6. The highest BCUT2D eigenvalue weighted by Gasteiger charge is 2.24. The van der Waals surface area contributed by atoms with Crippen molar-refractivity contribution in [3.63, 3.8) is 0 Å². The summed E-state index contributed by atoms with van der Waals surface area (Å²) in [6.07, 6.45) is 2.06. The molecule has 2 aliphatic rings. The molecule has 1 aromatic carbocycles. The fraction of sp³-hybridized carbons (Fsp3) is 0.500. The maximum absolute atomic E-state index is 12.9. The van der Waals surface area contributed by atoms with Gasteiger partial charge in [-0.15, -0.1) is 10.2 Å². The molecule has 34 heavy (non-hydrogen) atoms. The Bertz CT molecular complexity index is 1190. The van der Waals surface area contributed by atoms with E-state index in [-0.39, 0.29) is 17.8 Å². The number of tetrazole rings is 1. The molecule has 0 saturated carbocycles. The molecular weight excluding hydrogens is 438 g/mol. The van der Waals surface area contributed by atoms with Gasteiger partial charge in [-0.05, 0) is 43.5 Å². The van der Waals surface area contributed by atoms with Crippen molar-refractivity contribution in [1.29, 1.82) is 0 Å². The summed E-state index contributed by atoms with van der Waals surface area (Å²) in [7, 11) is 0. The quantitative estimate of drug-likeness (QED) is 0.538. The number of ether oxygens (including phenoxy) is 4. The SMILES string of the molecule is CCCC(Oc1ccc2c(c1)CCn1c-2c(C)c(OC[C@@H]2COCCO2)cc1=O)c1nn[nH]n1. The summed E-state index contributed by atoms with van der Waals surface area (Å²) in [6.45, 7) is 6.69. The second-order valence-electron chi connectivity index (χ2n) is 8.58. The lowest BCUT2D eigenvalue weighted by Gasteiger charge is -2.27. The number of fused-ring (bicyclic) bond motifs is 3. The minimum atomic E-state index is -0.270. The van der Waals surface area contributed by atoms with E-state index in [1.165, 1.54) is 0 Å². The van der Waals surface area contributed by atoms with Crippen molar-refractivity contribution in [3.8, 4) is 22.8 Å². The van der Waals surface area contributed by atoms with E-state index in [4.69, 9.17) is 18.9 Å². The highest BCUT2D eigenvalue weighted by Crippen LogP contribution is 2.37. The topological polar surface area (TPSA) is 113 Å². The molecule has 1 fully saturated rings. The van der Waals surface area contributed by atoms with Crippen LogP contribution in [-0.2, 0) is 22.4 Å². The zero-order valence-electron chi connectivity index (χ0n) is 19.5. The number of benzene rings is 1. The third-order valence-electron chi connectivity index (χ3n) is 6.24. The molecule has 0 amide bonds. The van der Waals surface area contributed by atoms with Crippen molar-refractivity contribution in [2.24, 2.45) is 0 Å². The third-order valence-corrected chi connectivity index (χ3v) is 6.24. The summed E-state index contributed by atoms with van der Waals surface area (Å²) >= 11 is 0. The fourth-order valence-corrected chi connectivity index (χ4v) is 4.55. The van der Waals surface area contributed by atoms with Gasteiger partial charge in [0.05, 0.1) is 25.5 Å². The molecule has 0 radical (unpaired) electrons. The normalized spacial score (nSPS) is 18.1. The predicted octanol–water partition coefficient (Wildman–Crippen LogP) is 2.61. The van der Waals surface area contributed by atoms with Gasteiger partial charge in [0.2, 0.25) is 5.82 Å². The Labute approximate surface area is 197 Å². The number of aromatic nitrogens is 5. The van der Waals surface area contributed by atoms with Crippen LogP contribution in [0, 0.1) is 6.92 Å². The molecule has 2 aromatic heterocycles. The summed E-state index contributed by atoms with van der Waals surface area (Å²) in [4.78, 5) is 12.9. The molecule has 3 aromatic rings. The molecule has 180 valence electrons. The summed E-state index contributed by atoms with van der Waals surface area (Å²) in [5.41, 5.74) is 3.90. The molecule has 1 saturated heterocycles. The molecule has 0 aliphatic carbocycles. The molecule has 4 heterocycles. The van der Waals surface area contributed by atoms with Gasteiger partial charge in [0, 0.05) is 23.7 Å². The van der Waals surface area contributed by atoms with Crippen molar-refractivity contribution in [3.05, 3.63) is 51.6 Å². The Kier molecular flexibility index (Phi) is 6.59. The van der Waals surface area contributed by atoms with Crippen LogP contribution in [-0.4, -0.2) is 57.7 Å². The lowest BCUT2D eigenvalue weighted by molar-refractivity contribution is -0.101. The van der Waals surface area contributed by atoms with Gasteiger partial charge in [-0.1, -0.05) is 18.6 Å². The average molecular weight is 468 g/mol. The summed E-state index contributed by atoms with van der Waals surface area (Å²) in [5, 5.41) is 14.3. The molecule has 1 N–H and O–H groups in total. The van der Waals surface area contributed by atoms with E-state index in [1.54, 1.807) is 6.07 Å². The van der Waals surface area contributed by atoms with Gasteiger partial charge < -0.3 is 23.5 Å². The van der Waals surface area contributed by atoms with Crippen LogP contribution in [0.2, 0.25) is 0 Å². The van der Waals surface area contributed by atoms with Crippen molar-refractivity contribution < 1.29 is 18.9 Å². The second-order valence-corrected chi connectivity index (χ2v) is 8.58. The standard InChI is InChI=1S/C24H29N5O5/c1-3-4-20(24-25-27-28-26-24)34-17-5-6-19-16(11-17)7-8-29-22(30)12-21(15(2)23(19)29)33-14-18-13-31-9-10-32-18/h5-6,11-12,18,20H,3-4,7-10,13-14H2,1-2H3,(H,25,26,27,28)/t18-,20?/m0/s1. The fourth-order valence-electron chi connectivity index (χ4n) is 4.55. The smallest absolute Gasteiger partial charge is 0.254 e. The predicted molar refractivity (Wildman–Crippen MR) is 123 cm³/mol. The molecule has 10 nitrogen and oxygen atoms in total. The van der Waals surface area contributed by atoms with Crippen molar-refractivity contribution >= 4 is 0 Å². The average Bonchev–Trinajstić information content (AvgIpc) is 3.40. The van der Waals surface area contributed by atoms with Gasteiger partial charge in [-0.25, -0.2) is 0 Å². The summed E-state index contributed by atoms with van der Waals surface area (Å²) in [6, 6.07) is 7.57. The Morgan fingerprint density at radius 3 is 2.97 bits per heavy atom. The summed E-state index contributed by atoms with van der Waals surface area (Å²) in [5.74, 6) is 1.87. The zero-order valence-corrected chi connectivity index (χ0v) is 19.5. The molecule has 5 rings (SSSR count). The van der Waals surface area contributed by atoms with Gasteiger partial charge in [-0.2, -0.15) is 5.21 Å². The second kappa shape index (κ2) is 9.94. The van der Waals surface area contributed by atoms with E-state index in [9.17, 15) is 4.79 Å². The van der Waals surface area contributed by atoms with Crippen molar-refractivity contribution in [2.45, 2.75) is 51.9 Å².